The molecule has 3 rings (SSSR count). The van der Waals surface area contributed by atoms with Crippen LogP contribution in [0.15, 0.2) is 40.9 Å². The maximum Gasteiger partial charge on any atom is 0.278 e. The van der Waals surface area contributed by atoms with Crippen LogP contribution in [0, 0.1) is 27.7 Å². The van der Waals surface area contributed by atoms with E-state index in [9.17, 15) is 4.79 Å². The monoisotopic (exact) mass is 384 g/mol. The zero-order valence-corrected chi connectivity index (χ0v) is 16.5. The number of ether oxygens (including phenoxy) is 1. The second kappa shape index (κ2) is 7.84. The number of benzene rings is 2. The van der Waals surface area contributed by atoms with Crippen LogP contribution >= 0.6 is 11.6 Å². The van der Waals surface area contributed by atoms with Crippen molar-refractivity contribution in [3.63, 3.8) is 0 Å². The van der Waals surface area contributed by atoms with Gasteiger partial charge in [-0.15, -0.1) is 0 Å². The first-order chi connectivity index (χ1) is 12.8. The van der Waals surface area contributed by atoms with E-state index in [0.717, 1.165) is 22.4 Å². The molecule has 3 aromatic rings. The molecule has 0 aliphatic carbocycles. The van der Waals surface area contributed by atoms with Gasteiger partial charge in [-0.05, 0) is 62.6 Å². The largest absolute Gasteiger partial charge is 0.488 e. The molecule has 5 nitrogen and oxygen atoms in total. The highest BCUT2D eigenvalue weighted by Crippen LogP contribution is 2.24. The summed E-state index contributed by atoms with van der Waals surface area (Å²) in [6.45, 7) is 7.82. The van der Waals surface area contributed by atoms with Crippen LogP contribution in [-0.2, 0) is 6.61 Å². The highest BCUT2D eigenvalue weighted by Gasteiger charge is 2.21. The lowest BCUT2D eigenvalue weighted by molar-refractivity contribution is 0.101. The Morgan fingerprint density at radius 3 is 2.63 bits per heavy atom. The Bertz CT molecular complexity index is 995. The Morgan fingerprint density at radius 1 is 1.11 bits per heavy atom. The lowest BCUT2D eigenvalue weighted by Gasteiger charge is -2.11. The van der Waals surface area contributed by atoms with Crippen molar-refractivity contribution in [1.29, 1.82) is 0 Å². The fraction of sp³-hybridized carbons (Fsp3) is 0.238. The van der Waals surface area contributed by atoms with Gasteiger partial charge in [-0.2, -0.15) is 0 Å². The number of hydrogen-bond donors (Lipinski definition) is 1. The molecule has 27 heavy (non-hydrogen) atoms. The molecule has 140 valence electrons. The molecule has 0 saturated heterocycles. The third-order valence-electron chi connectivity index (χ3n) is 4.36. The maximum absolute atomic E-state index is 12.7. The van der Waals surface area contributed by atoms with E-state index in [1.807, 2.05) is 45.0 Å². The number of nitrogens with one attached hydrogen (secondary N) is 1. The number of aryl methyl sites for hydroxylation is 4. The minimum absolute atomic E-state index is 0.191. The molecule has 0 unspecified atom stereocenters. The van der Waals surface area contributed by atoms with Crippen LogP contribution in [0.25, 0.3) is 0 Å². The number of carbonyl (C=O) groups is 1. The van der Waals surface area contributed by atoms with Gasteiger partial charge in [-0.1, -0.05) is 35.0 Å². The van der Waals surface area contributed by atoms with Crippen LogP contribution in [0.5, 0.6) is 5.75 Å². The topological polar surface area (TPSA) is 64.4 Å². The molecule has 1 aromatic heterocycles. The summed E-state index contributed by atoms with van der Waals surface area (Å²) in [5.41, 5.74) is 4.49. The molecule has 1 heterocycles. The molecule has 1 amide bonds. The molecule has 0 fully saturated rings. The fourth-order valence-electron chi connectivity index (χ4n) is 2.66. The summed E-state index contributed by atoms with van der Waals surface area (Å²) in [5.74, 6) is 0.956. The second-order valence-corrected chi connectivity index (χ2v) is 6.97. The van der Waals surface area contributed by atoms with E-state index in [0.29, 0.717) is 22.0 Å². The molecule has 0 bridgehead atoms. The standard InChI is InChI=1S/C21H21ClN2O3/c1-12-5-6-14(3)19(9-12)26-11-17-15(4)27-24-20(17)21(25)23-18-10-16(22)8-7-13(18)2/h5-10H,11H2,1-4H3,(H,23,25). The first-order valence-corrected chi connectivity index (χ1v) is 8.95. The molecule has 0 radical (unpaired) electrons. The van der Waals surface area contributed by atoms with E-state index in [-0.39, 0.29) is 18.2 Å². The minimum atomic E-state index is -0.364. The number of halogens is 1. The summed E-state index contributed by atoms with van der Waals surface area (Å²) in [6.07, 6.45) is 0. The highest BCUT2D eigenvalue weighted by molar-refractivity contribution is 6.31. The van der Waals surface area contributed by atoms with Crippen molar-refractivity contribution < 1.29 is 14.1 Å². The predicted molar refractivity (Wildman–Crippen MR) is 106 cm³/mol. The van der Waals surface area contributed by atoms with E-state index in [1.165, 1.54) is 0 Å². The smallest absolute Gasteiger partial charge is 0.278 e. The van der Waals surface area contributed by atoms with Gasteiger partial charge in [0, 0.05) is 10.7 Å². The Labute approximate surface area is 163 Å². The molecular formula is C21H21ClN2O3. The zero-order chi connectivity index (χ0) is 19.6. The molecule has 0 saturated carbocycles. The number of aromatic nitrogens is 1. The van der Waals surface area contributed by atoms with Crippen molar-refractivity contribution in [3.05, 3.63) is 75.1 Å². The van der Waals surface area contributed by atoms with Gasteiger partial charge in [-0.3, -0.25) is 4.79 Å². The number of nitrogens with zero attached hydrogens (tertiary/aromatic N) is 1. The van der Waals surface area contributed by atoms with Gasteiger partial charge in [0.15, 0.2) is 5.69 Å². The lowest BCUT2D eigenvalue weighted by Crippen LogP contribution is -2.16. The third-order valence-corrected chi connectivity index (χ3v) is 4.60. The normalized spacial score (nSPS) is 10.7. The Balaban J connectivity index is 1.80. The van der Waals surface area contributed by atoms with Crippen molar-refractivity contribution in [2.24, 2.45) is 0 Å². The molecule has 1 N–H and O–H groups in total. The van der Waals surface area contributed by atoms with Crippen LogP contribution in [0.3, 0.4) is 0 Å². The second-order valence-electron chi connectivity index (χ2n) is 6.54. The van der Waals surface area contributed by atoms with Gasteiger partial charge in [-0.25, -0.2) is 0 Å². The Morgan fingerprint density at radius 2 is 1.85 bits per heavy atom. The van der Waals surface area contributed by atoms with Crippen LogP contribution in [0.4, 0.5) is 5.69 Å². The predicted octanol–water partition coefficient (Wildman–Crippen LogP) is 5.39. The van der Waals surface area contributed by atoms with E-state index >= 15 is 0 Å². The van der Waals surface area contributed by atoms with Gasteiger partial charge < -0.3 is 14.6 Å². The summed E-state index contributed by atoms with van der Waals surface area (Å²) in [5, 5.41) is 7.30. The third kappa shape index (κ3) is 4.31. The van der Waals surface area contributed by atoms with Crippen molar-refractivity contribution in [3.8, 4) is 5.75 Å². The number of hydrogen-bond acceptors (Lipinski definition) is 4. The average Bonchev–Trinajstić information content (AvgIpc) is 2.99. The van der Waals surface area contributed by atoms with E-state index in [4.69, 9.17) is 20.9 Å². The molecule has 6 heteroatoms. The Hall–Kier alpha value is -2.79. The lowest BCUT2D eigenvalue weighted by atomic mass is 10.1. The van der Waals surface area contributed by atoms with E-state index in [2.05, 4.69) is 10.5 Å². The molecule has 0 aliphatic rings. The Kier molecular flexibility index (Phi) is 5.51. The first kappa shape index (κ1) is 19.0. The molecule has 2 aromatic carbocycles. The summed E-state index contributed by atoms with van der Waals surface area (Å²) in [6, 6.07) is 11.3. The van der Waals surface area contributed by atoms with Gasteiger partial charge in [0.1, 0.15) is 18.1 Å². The minimum Gasteiger partial charge on any atom is -0.488 e. The molecule has 0 atom stereocenters. The van der Waals surface area contributed by atoms with Crippen molar-refractivity contribution in [2.75, 3.05) is 5.32 Å². The van der Waals surface area contributed by atoms with Gasteiger partial charge in [0.2, 0.25) is 0 Å². The summed E-state index contributed by atoms with van der Waals surface area (Å²) in [7, 11) is 0. The summed E-state index contributed by atoms with van der Waals surface area (Å²) < 4.78 is 11.2. The van der Waals surface area contributed by atoms with Crippen LogP contribution in [0.2, 0.25) is 5.02 Å². The van der Waals surface area contributed by atoms with Gasteiger partial charge >= 0.3 is 0 Å². The maximum atomic E-state index is 12.7. The fourth-order valence-corrected chi connectivity index (χ4v) is 2.83. The molecular weight excluding hydrogens is 364 g/mol. The van der Waals surface area contributed by atoms with Crippen LogP contribution in [0.1, 0.15) is 38.5 Å². The van der Waals surface area contributed by atoms with Crippen LogP contribution < -0.4 is 10.1 Å². The zero-order valence-electron chi connectivity index (χ0n) is 15.7. The van der Waals surface area contributed by atoms with Crippen LogP contribution in [-0.4, -0.2) is 11.1 Å². The molecule has 0 aliphatic heterocycles. The number of amides is 1. The van der Waals surface area contributed by atoms with Crippen molar-refractivity contribution >= 4 is 23.2 Å². The number of carbonyl (C=O) groups excluding carboxylic acids is 1. The van der Waals surface area contributed by atoms with Gasteiger partial charge in [0.25, 0.3) is 5.91 Å². The van der Waals surface area contributed by atoms with Crippen molar-refractivity contribution in [2.45, 2.75) is 34.3 Å². The van der Waals surface area contributed by atoms with E-state index in [1.54, 1.807) is 19.1 Å². The van der Waals surface area contributed by atoms with E-state index < -0.39 is 0 Å². The summed E-state index contributed by atoms with van der Waals surface area (Å²) >= 11 is 6.02. The highest BCUT2D eigenvalue weighted by atomic mass is 35.5. The number of anilines is 1. The van der Waals surface area contributed by atoms with Gasteiger partial charge in [0.05, 0.1) is 5.56 Å². The SMILES string of the molecule is Cc1ccc(C)c(OCc2c(C(=O)Nc3cc(Cl)ccc3C)noc2C)c1. The summed E-state index contributed by atoms with van der Waals surface area (Å²) in [4.78, 5) is 12.7. The first-order valence-electron chi connectivity index (χ1n) is 8.58. The van der Waals surface area contributed by atoms with Crippen molar-refractivity contribution in [1.82, 2.24) is 5.16 Å². The average molecular weight is 385 g/mol. The quantitative estimate of drug-likeness (QED) is 0.640. The number of rotatable bonds is 5. The molecule has 0 spiro atoms.